The quantitative estimate of drug-likeness (QED) is 0.732. The van der Waals surface area contributed by atoms with Crippen LogP contribution in [0.5, 0.6) is 0 Å². The van der Waals surface area contributed by atoms with Gasteiger partial charge in [0.15, 0.2) is 0 Å². The molecule has 5 nitrogen and oxygen atoms in total. The molecule has 1 aromatic carbocycles. The Balaban J connectivity index is 1.72. The molecule has 0 spiro atoms. The zero-order chi connectivity index (χ0) is 14.3. The molecule has 3 rings (SSSR count). The molecule has 1 aliphatic heterocycles. The topological polar surface area (TPSA) is 78.6 Å². The molecule has 2 aliphatic rings. The lowest BCUT2D eigenvalue weighted by atomic mass is 10.1. The zero-order valence-corrected chi connectivity index (χ0v) is 11.7. The third kappa shape index (κ3) is 2.58. The average molecular weight is 275 g/mol. The number of carbonyl (C=O) groups is 1. The summed E-state index contributed by atoms with van der Waals surface area (Å²) in [6, 6.07) is 4.77. The number of carboxylic acids is 1. The molecule has 2 fully saturated rings. The fourth-order valence-electron chi connectivity index (χ4n) is 2.97. The first-order chi connectivity index (χ1) is 9.54. The predicted molar refractivity (Wildman–Crippen MR) is 79.2 cm³/mol. The van der Waals surface area contributed by atoms with Gasteiger partial charge in [0.05, 0.1) is 5.56 Å². The summed E-state index contributed by atoms with van der Waals surface area (Å²) in [6.45, 7) is 4.04. The van der Waals surface area contributed by atoms with Gasteiger partial charge in [0.1, 0.15) is 0 Å². The summed E-state index contributed by atoms with van der Waals surface area (Å²) in [4.78, 5) is 13.7. The van der Waals surface area contributed by atoms with Crippen molar-refractivity contribution in [1.82, 2.24) is 4.90 Å². The zero-order valence-electron chi connectivity index (χ0n) is 11.7. The third-order valence-corrected chi connectivity index (χ3v) is 4.27. The Kier molecular flexibility index (Phi) is 3.30. The maximum absolute atomic E-state index is 11.2. The normalized spacial score (nSPS) is 22.9. The van der Waals surface area contributed by atoms with Crippen LogP contribution in [0.3, 0.4) is 0 Å². The molecule has 0 radical (unpaired) electrons. The number of hydrogen-bond acceptors (Lipinski definition) is 4. The highest BCUT2D eigenvalue weighted by Gasteiger charge is 2.34. The molecule has 0 aromatic heterocycles. The summed E-state index contributed by atoms with van der Waals surface area (Å²) in [5.41, 5.74) is 8.02. The van der Waals surface area contributed by atoms with E-state index < -0.39 is 5.97 Å². The predicted octanol–water partition coefficient (Wildman–Crippen LogP) is 1.92. The van der Waals surface area contributed by atoms with Gasteiger partial charge in [0, 0.05) is 36.5 Å². The lowest BCUT2D eigenvalue weighted by molar-refractivity contribution is 0.0698. The molecule has 1 saturated heterocycles. The van der Waals surface area contributed by atoms with E-state index in [-0.39, 0.29) is 5.56 Å². The van der Waals surface area contributed by atoms with E-state index in [1.54, 1.807) is 6.07 Å². The van der Waals surface area contributed by atoms with Crippen molar-refractivity contribution in [2.24, 2.45) is 0 Å². The Bertz CT molecular complexity index is 540. The first kappa shape index (κ1) is 13.2. The summed E-state index contributed by atoms with van der Waals surface area (Å²) in [6.07, 6.45) is 3.77. The van der Waals surface area contributed by atoms with Crippen molar-refractivity contribution in [2.45, 2.75) is 38.3 Å². The number of rotatable bonds is 4. The lowest BCUT2D eigenvalue weighted by Gasteiger charge is -2.18. The van der Waals surface area contributed by atoms with E-state index in [1.807, 2.05) is 13.0 Å². The molecule has 1 heterocycles. The second kappa shape index (κ2) is 4.98. The van der Waals surface area contributed by atoms with Gasteiger partial charge < -0.3 is 16.2 Å². The minimum atomic E-state index is -0.972. The van der Waals surface area contributed by atoms with Gasteiger partial charge in [0.25, 0.3) is 0 Å². The van der Waals surface area contributed by atoms with Crippen molar-refractivity contribution in [2.75, 3.05) is 24.1 Å². The summed E-state index contributed by atoms with van der Waals surface area (Å²) in [5.74, 6) is -0.972. The van der Waals surface area contributed by atoms with Gasteiger partial charge in [-0.25, -0.2) is 4.79 Å². The van der Waals surface area contributed by atoms with E-state index in [0.717, 1.165) is 36.8 Å². The molecule has 1 aliphatic carbocycles. The van der Waals surface area contributed by atoms with Crippen LogP contribution in [-0.2, 0) is 0 Å². The number of nitrogens with zero attached hydrogens (tertiary/aromatic N) is 1. The Morgan fingerprint density at radius 1 is 1.40 bits per heavy atom. The number of nitrogens with one attached hydrogen (secondary N) is 1. The highest BCUT2D eigenvalue weighted by Crippen LogP contribution is 2.31. The highest BCUT2D eigenvalue weighted by atomic mass is 16.4. The number of nitrogen functional groups attached to an aromatic ring is 1. The summed E-state index contributed by atoms with van der Waals surface area (Å²) in [7, 11) is 0. The Morgan fingerprint density at radius 3 is 2.80 bits per heavy atom. The molecule has 108 valence electrons. The molecule has 1 atom stereocenters. The van der Waals surface area contributed by atoms with Gasteiger partial charge in [-0.3, -0.25) is 4.90 Å². The second-order valence-corrected chi connectivity index (χ2v) is 5.92. The number of carboxylic acid groups (broad SMARTS) is 1. The maximum atomic E-state index is 11.2. The molecule has 1 saturated carbocycles. The van der Waals surface area contributed by atoms with Gasteiger partial charge >= 0.3 is 5.97 Å². The fraction of sp³-hybridized carbons (Fsp3) is 0.533. The first-order valence-corrected chi connectivity index (χ1v) is 7.18. The van der Waals surface area contributed by atoms with Crippen LogP contribution in [0.4, 0.5) is 11.4 Å². The number of aromatic carboxylic acids is 1. The van der Waals surface area contributed by atoms with Crippen molar-refractivity contribution in [3.63, 3.8) is 0 Å². The highest BCUT2D eigenvalue weighted by molar-refractivity contribution is 5.95. The fourth-order valence-corrected chi connectivity index (χ4v) is 2.97. The van der Waals surface area contributed by atoms with Crippen molar-refractivity contribution >= 4 is 17.3 Å². The minimum Gasteiger partial charge on any atom is -0.478 e. The molecule has 0 bridgehead atoms. The van der Waals surface area contributed by atoms with E-state index in [0.29, 0.717) is 11.7 Å². The standard InChI is InChI=1S/C15H21N3O2/c1-9-6-11(7-13(14(9)16)15(19)20)17-10-4-5-18(8-10)12-2-3-12/h6-7,10,12,17H,2-5,8,16H2,1H3,(H,19,20). The van der Waals surface area contributed by atoms with Crippen LogP contribution < -0.4 is 11.1 Å². The Labute approximate surface area is 118 Å². The van der Waals surface area contributed by atoms with Crippen LogP contribution in [0.2, 0.25) is 0 Å². The Hall–Kier alpha value is -1.75. The van der Waals surface area contributed by atoms with Gasteiger partial charge in [-0.1, -0.05) is 0 Å². The van der Waals surface area contributed by atoms with Gasteiger partial charge in [-0.2, -0.15) is 0 Å². The monoisotopic (exact) mass is 275 g/mol. The van der Waals surface area contributed by atoms with Crippen molar-refractivity contribution in [1.29, 1.82) is 0 Å². The SMILES string of the molecule is Cc1cc(NC2CCN(C3CC3)C2)cc(C(=O)O)c1N. The molecular formula is C15H21N3O2. The lowest BCUT2D eigenvalue weighted by Crippen LogP contribution is -2.27. The van der Waals surface area contributed by atoms with Crippen LogP contribution in [0.1, 0.15) is 35.2 Å². The number of likely N-dealkylation sites (tertiary alicyclic amines) is 1. The van der Waals surface area contributed by atoms with Crippen molar-refractivity contribution in [3.8, 4) is 0 Å². The van der Waals surface area contributed by atoms with Crippen LogP contribution in [-0.4, -0.2) is 41.1 Å². The third-order valence-electron chi connectivity index (χ3n) is 4.27. The number of nitrogens with two attached hydrogens (primary N) is 1. The van der Waals surface area contributed by atoms with Crippen molar-refractivity contribution in [3.05, 3.63) is 23.3 Å². The number of aryl methyl sites for hydroxylation is 1. The van der Waals surface area contributed by atoms with Gasteiger partial charge in [0.2, 0.25) is 0 Å². The number of anilines is 2. The summed E-state index contributed by atoms with van der Waals surface area (Å²) < 4.78 is 0. The van der Waals surface area contributed by atoms with Crippen LogP contribution in [0.15, 0.2) is 12.1 Å². The summed E-state index contributed by atoms with van der Waals surface area (Å²) in [5, 5.41) is 12.6. The van der Waals surface area contributed by atoms with E-state index in [9.17, 15) is 9.90 Å². The molecular weight excluding hydrogens is 254 g/mol. The maximum Gasteiger partial charge on any atom is 0.337 e. The largest absolute Gasteiger partial charge is 0.478 e. The number of hydrogen-bond donors (Lipinski definition) is 3. The molecule has 5 heteroatoms. The minimum absolute atomic E-state index is 0.185. The van der Waals surface area contributed by atoms with Crippen LogP contribution in [0.25, 0.3) is 0 Å². The number of benzene rings is 1. The molecule has 1 aromatic rings. The molecule has 20 heavy (non-hydrogen) atoms. The van der Waals surface area contributed by atoms with Crippen LogP contribution >= 0.6 is 0 Å². The van der Waals surface area contributed by atoms with E-state index in [1.165, 1.54) is 12.8 Å². The first-order valence-electron chi connectivity index (χ1n) is 7.18. The molecule has 4 N–H and O–H groups in total. The smallest absolute Gasteiger partial charge is 0.337 e. The molecule has 1 unspecified atom stereocenters. The summed E-state index contributed by atoms with van der Waals surface area (Å²) >= 11 is 0. The van der Waals surface area contributed by atoms with E-state index in [4.69, 9.17) is 5.73 Å². The second-order valence-electron chi connectivity index (χ2n) is 5.92. The van der Waals surface area contributed by atoms with E-state index in [2.05, 4.69) is 10.2 Å². The average Bonchev–Trinajstić information content (AvgIpc) is 3.14. The van der Waals surface area contributed by atoms with Gasteiger partial charge in [-0.15, -0.1) is 0 Å². The Morgan fingerprint density at radius 2 is 2.15 bits per heavy atom. The van der Waals surface area contributed by atoms with E-state index >= 15 is 0 Å². The van der Waals surface area contributed by atoms with Crippen molar-refractivity contribution < 1.29 is 9.90 Å². The van der Waals surface area contributed by atoms with Gasteiger partial charge in [-0.05, 0) is 43.9 Å². The van der Waals surface area contributed by atoms with Crippen LogP contribution in [0, 0.1) is 6.92 Å². The molecule has 0 amide bonds.